The Hall–Kier alpha value is -1.40. The minimum Gasteiger partial charge on any atom is -0.466 e. The fourth-order valence-electron chi connectivity index (χ4n) is 7.51. The Morgan fingerprint density at radius 2 is 0.836 bits per heavy atom. The molecule has 1 amide bonds. The molecule has 3 N–H and O–H groups in total. The van der Waals surface area contributed by atoms with Crippen LogP contribution in [-0.4, -0.2) is 47.4 Å². The number of aliphatic hydroxyl groups is 2. The molecule has 0 aliphatic carbocycles. The third kappa shape index (κ3) is 42.0. The van der Waals surface area contributed by atoms with Crippen molar-refractivity contribution in [1.29, 1.82) is 0 Å². The van der Waals surface area contributed by atoms with Crippen LogP contribution in [0.2, 0.25) is 0 Å². The molecule has 2 atom stereocenters. The number of carbonyl (C=O) groups excluding carboxylic acids is 2. The molecule has 6 nitrogen and oxygen atoms in total. The first-order chi connectivity index (χ1) is 27.0. The number of nitrogens with one attached hydrogen (secondary N) is 1. The van der Waals surface area contributed by atoms with E-state index in [2.05, 4.69) is 19.2 Å². The van der Waals surface area contributed by atoms with Crippen molar-refractivity contribution in [3.63, 3.8) is 0 Å². The van der Waals surface area contributed by atoms with Crippen molar-refractivity contribution in [1.82, 2.24) is 5.32 Å². The Morgan fingerprint density at radius 3 is 1.24 bits per heavy atom. The van der Waals surface area contributed by atoms with Crippen molar-refractivity contribution >= 4 is 11.9 Å². The summed E-state index contributed by atoms with van der Waals surface area (Å²) in [7, 11) is 0. The summed E-state index contributed by atoms with van der Waals surface area (Å²) in [5.41, 5.74) is 0. The lowest BCUT2D eigenvalue weighted by Crippen LogP contribution is -2.45. The van der Waals surface area contributed by atoms with E-state index in [0.29, 0.717) is 19.4 Å². The van der Waals surface area contributed by atoms with Crippen molar-refractivity contribution < 1.29 is 24.5 Å². The van der Waals surface area contributed by atoms with E-state index >= 15 is 0 Å². The van der Waals surface area contributed by atoms with Gasteiger partial charge in [0.2, 0.25) is 5.91 Å². The molecule has 0 radical (unpaired) electrons. The van der Waals surface area contributed by atoms with E-state index in [-0.39, 0.29) is 18.5 Å². The first kappa shape index (κ1) is 53.6. The van der Waals surface area contributed by atoms with Crippen LogP contribution in [0.5, 0.6) is 0 Å². The summed E-state index contributed by atoms with van der Waals surface area (Å²) < 4.78 is 5.44. The number of esters is 1. The Bertz CT molecular complexity index is 817. The molecule has 0 spiro atoms. The maximum absolute atomic E-state index is 12.4. The average Bonchev–Trinajstić information content (AvgIpc) is 3.18. The molecule has 0 heterocycles. The van der Waals surface area contributed by atoms with Gasteiger partial charge >= 0.3 is 5.97 Å². The molecule has 0 fully saturated rings. The SMILES string of the molecule is CCCCCCCCCCCCCCC/C=C/C(O)C(CO)NC(=O)CCCCCCCCCCCCCCOC(=O)CCCCCCCCCCCCC. The highest BCUT2D eigenvalue weighted by molar-refractivity contribution is 5.76. The molecule has 6 heteroatoms. The van der Waals surface area contributed by atoms with Crippen molar-refractivity contribution in [2.24, 2.45) is 0 Å². The van der Waals surface area contributed by atoms with Crippen LogP contribution in [0.4, 0.5) is 0 Å². The van der Waals surface area contributed by atoms with Crippen LogP contribution in [0.25, 0.3) is 0 Å². The second-order valence-corrected chi connectivity index (χ2v) is 16.8. The Labute approximate surface area is 342 Å². The highest BCUT2D eigenvalue weighted by Crippen LogP contribution is 2.16. The number of ether oxygens (including phenoxy) is 1. The molecule has 0 aromatic heterocycles. The van der Waals surface area contributed by atoms with Crippen molar-refractivity contribution in [3.8, 4) is 0 Å². The summed E-state index contributed by atoms with van der Waals surface area (Å²) in [5, 5.41) is 23.0. The zero-order chi connectivity index (χ0) is 40.1. The lowest BCUT2D eigenvalue weighted by Gasteiger charge is -2.20. The van der Waals surface area contributed by atoms with Gasteiger partial charge in [0.15, 0.2) is 0 Å². The molecule has 0 saturated carbocycles. The molecular weight excluding hydrogens is 683 g/mol. The monoisotopic (exact) mass is 778 g/mol. The van der Waals surface area contributed by atoms with Gasteiger partial charge in [-0.25, -0.2) is 0 Å². The molecule has 0 aliphatic rings. The van der Waals surface area contributed by atoms with Gasteiger partial charge in [0.05, 0.1) is 25.4 Å². The Morgan fingerprint density at radius 1 is 0.491 bits per heavy atom. The molecule has 0 aliphatic heterocycles. The molecule has 55 heavy (non-hydrogen) atoms. The highest BCUT2D eigenvalue weighted by atomic mass is 16.5. The lowest BCUT2D eigenvalue weighted by atomic mass is 10.0. The molecular formula is C49H95NO5. The zero-order valence-electron chi connectivity index (χ0n) is 36.9. The molecule has 2 unspecified atom stereocenters. The molecule has 0 bridgehead atoms. The van der Waals surface area contributed by atoms with Crippen molar-refractivity contribution in [3.05, 3.63) is 12.2 Å². The van der Waals surface area contributed by atoms with E-state index in [9.17, 15) is 19.8 Å². The first-order valence-electron chi connectivity index (χ1n) is 24.5. The maximum Gasteiger partial charge on any atom is 0.305 e. The molecule has 0 aromatic carbocycles. The van der Waals surface area contributed by atoms with Gasteiger partial charge in [-0.05, 0) is 32.1 Å². The largest absolute Gasteiger partial charge is 0.466 e. The van der Waals surface area contributed by atoms with Gasteiger partial charge in [-0.3, -0.25) is 9.59 Å². The second kappa shape index (κ2) is 45.3. The van der Waals surface area contributed by atoms with E-state index in [1.165, 1.54) is 180 Å². The summed E-state index contributed by atoms with van der Waals surface area (Å²) in [6.07, 6.45) is 50.5. The summed E-state index contributed by atoms with van der Waals surface area (Å²) in [6.45, 7) is 4.86. The average molecular weight is 778 g/mol. The van der Waals surface area contributed by atoms with Crippen molar-refractivity contribution in [2.45, 2.75) is 276 Å². The fraction of sp³-hybridized carbons (Fsp3) is 0.918. The van der Waals surface area contributed by atoms with Crippen LogP contribution in [0.1, 0.15) is 264 Å². The van der Waals surface area contributed by atoms with Crippen LogP contribution in [-0.2, 0) is 14.3 Å². The summed E-state index contributed by atoms with van der Waals surface area (Å²) >= 11 is 0. The van der Waals surface area contributed by atoms with Crippen LogP contribution < -0.4 is 5.32 Å². The van der Waals surface area contributed by atoms with Gasteiger partial charge in [0, 0.05) is 12.8 Å². The smallest absolute Gasteiger partial charge is 0.305 e. The topological polar surface area (TPSA) is 95.9 Å². The maximum atomic E-state index is 12.4. The number of allylic oxidation sites excluding steroid dienone is 1. The van der Waals surface area contributed by atoms with Crippen LogP contribution in [0.15, 0.2) is 12.2 Å². The quantitative estimate of drug-likeness (QED) is 0.0325. The van der Waals surface area contributed by atoms with Gasteiger partial charge in [-0.15, -0.1) is 0 Å². The minimum atomic E-state index is -0.852. The van der Waals surface area contributed by atoms with Gasteiger partial charge in [0.1, 0.15) is 0 Å². The lowest BCUT2D eigenvalue weighted by molar-refractivity contribution is -0.143. The van der Waals surface area contributed by atoms with Crippen LogP contribution in [0, 0.1) is 0 Å². The molecule has 0 aromatic rings. The standard InChI is InChI=1S/C49H95NO5/c1-3-5-7-9-11-13-15-16-17-18-22-25-29-33-37-41-47(52)46(45-51)50-48(53)42-38-34-30-26-23-19-20-24-28-32-36-40-44-55-49(54)43-39-35-31-27-21-14-12-10-8-6-4-2/h37,41,46-47,51-52H,3-36,38-40,42-45H2,1-2H3,(H,50,53)/b41-37+. The van der Waals surface area contributed by atoms with E-state index in [1.807, 2.05) is 6.08 Å². The van der Waals surface area contributed by atoms with Crippen LogP contribution >= 0.6 is 0 Å². The van der Waals surface area contributed by atoms with E-state index < -0.39 is 12.1 Å². The highest BCUT2D eigenvalue weighted by Gasteiger charge is 2.18. The Kier molecular flexibility index (Phi) is 44.2. The number of aliphatic hydroxyl groups excluding tert-OH is 2. The minimum absolute atomic E-state index is 0.0112. The van der Waals surface area contributed by atoms with Gasteiger partial charge in [-0.2, -0.15) is 0 Å². The number of hydrogen-bond donors (Lipinski definition) is 3. The first-order valence-corrected chi connectivity index (χ1v) is 24.5. The Balaban J connectivity index is 3.51. The molecule has 326 valence electrons. The predicted octanol–water partition coefficient (Wildman–Crippen LogP) is 14.2. The number of rotatable bonds is 45. The molecule has 0 rings (SSSR count). The predicted molar refractivity (Wildman–Crippen MR) is 237 cm³/mol. The summed E-state index contributed by atoms with van der Waals surface area (Å²) in [6, 6.07) is -0.637. The van der Waals surface area contributed by atoms with E-state index in [1.54, 1.807) is 6.08 Å². The number of unbranched alkanes of at least 4 members (excludes halogenated alkanes) is 34. The van der Waals surface area contributed by atoms with Gasteiger partial charge in [-0.1, -0.05) is 231 Å². The number of hydrogen-bond acceptors (Lipinski definition) is 5. The van der Waals surface area contributed by atoms with Crippen molar-refractivity contribution in [2.75, 3.05) is 13.2 Å². The van der Waals surface area contributed by atoms with Crippen LogP contribution in [0.3, 0.4) is 0 Å². The zero-order valence-corrected chi connectivity index (χ0v) is 36.9. The number of carbonyl (C=O) groups is 2. The van der Waals surface area contributed by atoms with E-state index in [0.717, 1.165) is 57.8 Å². The normalized spacial score (nSPS) is 12.7. The number of amides is 1. The van der Waals surface area contributed by atoms with Gasteiger partial charge in [0.25, 0.3) is 0 Å². The second-order valence-electron chi connectivity index (χ2n) is 16.8. The summed E-state index contributed by atoms with van der Waals surface area (Å²) in [4.78, 5) is 24.4. The summed E-state index contributed by atoms with van der Waals surface area (Å²) in [5.74, 6) is -0.0938. The fourth-order valence-corrected chi connectivity index (χ4v) is 7.51. The third-order valence-electron chi connectivity index (χ3n) is 11.3. The third-order valence-corrected chi connectivity index (χ3v) is 11.3. The molecule has 0 saturated heterocycles. The van der Waals surface area contributed by atoms with E-state index in [4.69, 9.17) is 4.74 Å². The van der Waals surface area contributed by atoms with Gasteiger partial charge < -0.3 is 20.3 Å².